The van der Waals surface area contributed by atoms with Gasteiger partial charge in [0.2, 0.25) is 5.91 Å². The summed E-state index contributed by atoms with van der Waals surface area (Å²) in [5.74, 6) is 0.0512. The van der Waals surface area contributed by atoms with Crippen molar-refractivity contribution in [2.75, 3.05) is 35.7 Å². The molecule has 1 heterocycles. The molecule has 0 aliphatic rings. The highest BCUT2D eigenvalue weighted by Gasteiger charge is 2.12. The molecule has 0 atom stereocenters. The number of hydrogen-bond acceptors (Lipinski definition) is 6. The lowest BCUT2D eigenvalue weighted by Gasteiger charge is -2.12. The van der Waals surface area contributed by atoms with E-state index in [-0.39, 0.29) is 18.1 Å². The minimum Gasteiger partial charge on any atom is -0.385 e. The standard InChI is InChI=1S/C11H18IN5O4/c1-17-9(16-12)8(10(19)15-11(17)20)14-6-7(18)13-4-3-5-21-2/h14,16H,3-6H2,1-2H3,(H,13,18)(H,15,19,20). The van der Waals surface area contributed by atoms with E-state index >= 15 is 0 Å². The monoisotopic (exact) mass is 411 g/mol. The SMILES string of the molecule is COCCCNC(=O)CNc1c(NI)n(C)c(=O)[nH]c1=O. The number of nitrogens with zero attached hydrogens (tertiary/aromatic N) is 1. The summed E-state index contributed by atoms with van der Waals surface area (Å²) < 4.78 is 8.84. The Morgan fingerprint density at radius 3 is 2.76 bits per heavy atom. The predicted molar refractivity (Wildman–Crippen MR) is 87.9 cm³/mol. The number of anilines is 2. The van der Waals surface area contributed by atoms with Gasteiger partial charge in [0.05, 0.1) is 29.4 Å². The van der Waals surface area contributed by atoms with E-state index in [9.17, 15) is 14.4 Å². The third-order valence-corrected chi connectivity index (χ3v) is 3.20. The van der Waals surface area contributed by atoms with Gasteiger partial charge in [0.25, 0.3) is 5.56 Å². The average molecular weight is 411 g/mol. The quantitative estimate of drug-likeness (QED) is 0.258. The molecule has 0 spiro atoms. The van der Waals surface area contributed by atoms with E-state index in [4.69, 9.17) is 4.74 Å². The van der Waals surface area contributed by atoms with Crippen LogP contribution in [-0.2, 0) is 16.6 Å². The second-order valence-corrected chi connectivity index (χ2v) is 4.73. The molecule has 1 rings (SSSR count). The van der Waals surface area contributed by atoms with Crippen LogP contribution in [0.15, 0.2) is 9.59 Å². The van der Waals surface area contributed by atoms with Gasteiger partial charge in [-0.25, -0.2) is 4.79 Å². The van der Waals surface area contributed by atoms with Crippen molar-refractivity contribution < 1.29 is 9.53 Å². The first kappa shape index (κ1) is 17.5. The molecule has 0 bridgehead atoms. The molecule has 0 aliphatic heterocycles. The third-order valence-electron chi connectivity index (χ3n) is 2.69. The van der Waals surface area contributed by atoms with Crippen LogP contribution in [-0.4, -0.2) is 42.3 Å². The molecule has 0 radical (unpaired) electrons. The number of aromatic amines is 1. The molecule has 10 heteroatoms. The van der Waals surface area contributed by atoms with Crippen molar-refractivity contribution >= 4 is 40.3 Å². The number of amides is 1. The lowest BCUT2D eigenvalue weighted by molar-refractivity contribution is -0.119. The van der Waals surface area contributed by atoms with E-state index in [1.165, 1.54) is 11.6 Å². The zero-order chi connectivity index (χ0) is 15.8. The fourth-order valence-electron chi connectivity index (χ4n) is 1.57. The summed E-state index contributed by atoms with van der Waals surface area (Å²) in [6, 6.07) is 0. The highest BCUT2D eigenvalue weighted by Crippen LogP contribution is 2.14. The zero-order valence-corrected chi connectivity index (χ0v) is 13.9. The van der Waals surface area contributed by atoms with Crippen LogP contribution in [0.4, 0.5) is 11.5 Å². The number of halogens is 1. The smallest absolute Gasteiger partial charge is 0.329 e. The van der Waals surface area contributed by atoms with E-state index in [1.807, 2.05) is 22.9 Å². The first-order chi connectivity index (χ1) is 10.0. The normalized spacial score (nSPS) is 10.2. The summed E-state index contributed by atoms with van der Waals surface area (Å²) in [5.41, 5.74) is -0.975. The van der Waals surface area contributed by atoms with Gasteiger partial charge in [0, 0.05) is 27.3 Å². The van der Waals surface area contributed by atoms with Gasteiger partial charge >= 0.3 is 5.69 Å². The molecule has 1 aromatic heterocycles. The van der Waals surface area contributed by atoms with Crippen LogP contribution in [0.5, 0.6) is 0 Å². The zero-order valence-electron chi connectivity index (χ0n) is 11.8. The van der Waals surface area contributed by atoms with Crippen LogP contribution in [0, 0.1) is 0 Å². The van der Waals surface area contributed by atoms with Crippen LogP contribution < -0.4 is 25.4 Å². The maximum atomic E-state index is 11.8. The Labute approximate surface area is 135 Å². The molecule has 0 aromatic carbocycles. The number of rotatable bonds is 8. The molecule has 21 heavy (non-hydrogen) atoms. The first-order valence-corrected chi connectivity index (χ1v) is 7.28. The molecule has 118 valence electrons. The first-order valence-electron chi connectivity index (χ1n) is 6.20. The number of hydrogen-bond donors (Lipinski definition) is 4. The Kier molecular flexibility index (Phi) is 7.22. The minimum atomic E-state index is -0.579. The molecular weight excluding hydrogens is 393 g/mol. The molecule has 9 nitrogen and oxygen atoms in total. The van der Waals surface area contributed by atoms with Gasteiger partial charge < -0.3 is 18.9 Å². The second kappa shape index (κ2) is 8.67. The number of carbonyl (C=O) groups excluding carboxylic acids is 1. The molecule has 1 aromatic rings. The molecular formula is C11H18IN5O4. The molecule has 0 unspecified atom stereocenters. The number of H-pyrrole nitrogens is 1. The van der Waals surface area contributed by atoms with Crippen molar-refractivity contribution in [3.05, 3.63) is 20.8 Å². The Morgan fingerprint density at radius 2 is 2.14 bits per heavy atom. The summed E-state index contributed by atoms with van der Waals surface area (Å²) in [5, 5.41) is 5.41. The lowest BCUT2D eigenvalue weighted by atomic mass is 10.4. The number of nitrogens with one attached hydrogen (secondary N) is 4. The van der Waals surface area contributed by atoms with E-state index in [0.29, 0.717) is 25.4 Å². The summed E-state index contributed by atoms with van der Waals surface area (Å²) in [6.07, 6.45) is 0.712. The van der Waals surface area contributed by atoms with Gasteiger partial charge in [-0.2, -0.15) is 0 Å². The molecule has 0 saturated heterocycles. The maximum absolute atomic E-state index is 11.8. The van der Waals surface area contributed by atoms with Crippen molar-refractivity contribution in [3.63, 3.8) is 0 Å². The Balaban J connectivity index is 2.67. The van der Waals surface area contributed by atoms with Gasteiger partial charge in [-0.05, 0) is 6.42 Å². The van der Waals surface area contributed by atoms with Crippen molar-refractivity contribution in [1.82, 2.24) is 14.9 Å². The summed E-state index contributed by atoms with van der Waals surface area (Å²) in [4.78, 5) is 37.0. The van der Waals surface area contributed by atoms with Crippen molar-refractivity contribution in [1.29, 1.82) is 0 Å². The van der Waals surface area contributed by atoms with Gasteiger partial charge in [-0.1, -0.05) is 0 Å². The van der Waals surface area contributed by atoms with Crippen molar-refractivity contribution in [2.45, 2.75) is 6.42 Å². The highest BCUT2D eigenvalue weighted by atomic mass is 127. The Bertz CT molecular complexity index is 597. The lowest BCUT2D eigenvalue weighted by Crippen LogP contribution is -2.35. The fourth-order valence-corrected chi connectivity index (χ4v) is 2.20. The Morgan fingerprint density at radius 1 is 1.43 bits per heavy atom. The average Bonchev–Trinajstić information content (AvgIpc) is 2.46. The number of methoxy groups -OCH3 is 1. The predicted octanol–water partition coefficient (Wildman–Crippen LogP) is -0.600. The topological polar surface area (TPSA) is 117 Å². The van der Waals surface area contributed by atoms with E-state index < -0.39 is 11.2 Å². The highest BCUT2D eigenvalue weighted by molar-refractivity contribution is 14.1. The van der Waals surface area contributed by atoms with E-state index in [0.717, 1.165) is 0 Å². The van der Waals surface area contributed by atoms with Crippen LogP contribution >= 0.6 is 22.9 Å². The summed E-state index contributed by atoms with van der Waals surface area (Å²) in [7, 11) is 3.10. The third kappa shape index (κ3) is 5.04. The van der Waals surface area contributed by atoms with Crippen LogP contribution in [0.2, 0.25) is 0 Å². The van der Waals surface area contributed by atoms with Gasteiger partial charge in [-0.3, -0.25) is 19.1 Å². The van der Waals surface area contributed by atoms with Crippen molar-refractivity contribution in [2.24, 2.45) is 7.05 Å². The number of carbonyl (C=O) groups is 1. The minimum absolute atomic E-state index is 0.0699. The summed E-state index contributed by atoms with van der Waals surface area (Å²) >= 11 is 1.81. The molecule has 1 amide bonds. The number of aromatic nitrogens is 2. The van der Waals surface area contributed by atoms with Crippen LogP contribution in [0.3, 0.4) is 0 Å². The van der Waals surface area contributed by atoms with Crippen LogP contribution in [0.1, 0.15) is 6.42 Å². The molecule has 4 N–H and O–H groups in total. The van der Waals surface area contributed by atoms with Gasteiger partial charge in [0.15, 0.2) is 0 Å². The second-order valence-electron chi connectivity index (χ2n) is 4.19. The molecule has 0 fully saturated rings. The largest absolute Gasteiger partial charge is 0.385 e. The fraction of sp³-hybridized carbons (Fsp3) is 0.545. The van der Waals surface area contributed by atoms with E-state index in [2.05, 4.69) is 19.1 Å². The number of ether oxygens (including phenoxy) is 1. The van der Waals surface area contributed by atoms with Crippen LogP contribution in [0.25, 0.3) is 0 Å². The molecule has 0 saturated carbocycles. The maximum Gasteiger partial charge on any atom is 0.329 e. The van der Waals surface area contributed by atoms with Gasteiger partial charge in [0.1, 0.15) is 11.5 Å². The van der Waals surface area contributed by atoms with Gasteiger partial charge in [-0.15, -0.1) is 0 Å². The van der Waals surface area contributed by atoms with Crippen molar-refractivity contribution in [3.8, 4) is 0 Å². The Hall–Kier alpha value is -1.56. The molecule has 0 aliphatic carbocycles. The van der Waals surface area contributed by atoms with E-state index in [1.54, 1.807) is 7.11 Å². The summed E-state index contributed by atoms with van der Waals surface area (Å²) in [6.45, 7) is 0.992.